The van der Waals surface area contributed by atoms with E-state index in [1.165, 1.54) is 17.3 Å². The lowest BCUT2D eigenvalue weighted by Crippen LogP contribution is -2.27. The quantitative estimate of drug-likeness (QED) is 0.537. The van der Waals surface area contributed by atoms with Crippen LogP contribution in [0.4, 0.5) is 0 Å². The fourth-order valence-electron chi connectivity index (χ4n) is 2.81. The first kappa shape index (κ1) is 20.0. The van der Waals surface area contributed by atoms with E-state index >= 15 is 0 Å². The van der Waals surface area contributed by atoms with Gasteiger partial charge in [-0.25, -0.2) is 4.98 Å². The summed E-state index contributed by atoms with van der Waals surface area (Å²) in [5.41, 5.74) is 3.43. The molecule has 0 saturated carbocycles. The van der Waals surface area contributed by atoms with E-state index in [0.717, 1.165) is 28.6 Å². The second kappa shape index (κ2) is 9.46. The molecule has 0 saturated heterocycles. The predicted octanol–water partition coefficient (Wildman–Crippen LogP) is 4.19. The Hall–Kier alpha value is -2.73. The van der Waals surface area contributed by atoms with Crippen molar-refractivity contribution in [2.45, 2.75) is 25.0 Å². The van der Waals surface area contributed by atoms with Gasteiger partial charge in [0.1, 0.15) is 5.75 Å². The van der Waals surface area contributed by atoms with E-state index in [1.807, 2.05) is 42.1 Å². The van der Waals surface area contributed by atoms with Crippen LogP contribution in [0, 0.1) is 0 Å². The van der Waals surface area contributed by atoms with Crippen LogP contribution in [-0.4, -0.2) is 40.3 Å². The number of rotatable bonds is 8. The molecule has 0 atom stereocenters. The number of aromatic nitrogens is 2. The predicted molar refractivity (Wildman–Crippen MR) is 113 cm³/mol. The number of nitrogens with zero attached hydrogens (tertiary/aromatic N) is 3. The molecule has 0 unspecified atom stereocenters. The molecule has 0 N–H and O–H groups in total. The standard InChI is InChI=1S/C22H25N3O2S/c1-4-17-5-7-18(8-6-17)15-24(2)21(26)16-28-22-23-13-14-25(22)19-9-11-20(27-3)12-10-19/h5-14H,4,15-16H2,1-3H3. The SMILES string of the molecule is CCc1ccc(CN(C)C(=O)CSc2nccn2-c2ccc(OC)cc2)cc1. The summed E-state index contributed by atoms with van der Waals surface area (Å²) in [6, 6.07) is 16.2. The lowest BCUT2D eigenvalue weighted by Gasteiger charge is -2.17. The first-order valence-electron chi connectivity index (χ1n) is 9.23. The van der Waals surface area contributed by atoms with Crippen LogP contribution in [0.3, 0.4) is 0 Å². The molecule has 0 aliphatic heterocycles. The lowest BCUT2D eigenvalue weighted by atomic mass is 10.1. The van der Waals surface area contributed by atoms with Crippen molar-refractivity contribution in [2.24, 2.45) is 0 Å². The van der Waals surface area contributed by atoms with Crippen molar-refractivity contribution in [3.63, 3.8) is 0 Å². The molecule has 1 amide bonds. The number of ether oxygens (including phenoxy) is 1. The summed E-state index contributed by atoms with van der Waals surface area (Å²) in [4.78, 5) is 18.7. The summed E-state index contributed by atoms with van der Waals surface area (Å²) in [5, 5.41) is 0.791. The number of thioether (sulfide) groups is 1. The minimum absolute atomic E-state index is 0.0776. The normalized spacial score (nSPS) is 10.7. The van der Waals surface area contributed by atoms with Crippen molar-refractivity contribution in [3.05, 3.63) is 72.1 Å². The van der Waals surface area contributed by atoms with Crippen LogP contribution in [0.15, 0.2) is 66.1 Å². The van der Waals surface area contributed by atoms with Crippen LogP contribution in [-0.2, 0) is 17.8 Å². The maximum atomic E-state index is 12.5. The van der Waals surface area contributed by atoms with Crippen molar-refractivity contribution in [3.8, 4) is 11.4 Å². The molecule has 0 spiro atoms. The van der Waals surface area contributed by atoms with Crippen molar-refractivity contribution >= 4 is 17.7 Å². The Labute approximate surface area is 170 Å². The molecular formula is C22H25N3O2S. The number of methoxy groups -OCH3 is 1. The van der Waals surface area contributed by atoms with Crippen LogP contribution in [0.2, 0.25) is 0 Å². The number of hydrogen-bond donors (Lipinski definition) is 0. The van der Waals surface area contributed by atoms with E-state index in [9.17, 15) is 4.79 Å². The van der Waals surface area contributed by atoms with Crippen LogP contribution >= 0.6 is 11.8 Å². The zero-order valence-electron chi connectivity index (χ0n) is 16.5. The molecule has 2 aromatic carbocycles. The third-order valence-electron chi connectivity index (χ3n) is 4.56. The van der Waals surface area contributed by atoms with Crippen LogP contribution in [0.25, 0.3) is 5.69 Å². The van der Waals surface area contributed by atoms with Crippen molar-refractivity contribution in [1.82, 2.24) is 14.5 Å². The first-order valence-corrected chi connectivity index (χ1v) is 10.2. The van der Waals surface area contributed by atoms with Gasteiger partial charge in [-0.1, -0.05) is 43.0 Å². The third kappa shape index (κ3) is 4.95. The monoisotopic (exact) mass is 395 g/mol. The summed E-state index contributed by atoms with van der Waals surface area (Å²) in [6.45, 7) is 2.74. The van der Waals surface area contributed by atoms with E-state index in [4.69, 9.17) is 4.74 Å². The summed E-state index contributed by atoms with van der Waals surface area (Å²) >= 11 is 1.44. The van der Waals surface area contributed by atoms with E-state index in [2.05, 4.69) is 36.2 Å². The first-order chi connectivity index (χ1) is 13.6. The Kier molecular flexibility index (Phi) is 6.76. The molecule has 0 bridgehead atoms. The van der Waals surface area contributed by atoms with Gasteiger partial charge in [-0.3, -0.25) is 9.36 Å². The molecule has 6 heteroatoms. The molecule has 0 radical (unpaired) electrons. The number of hydrogen-bond acceptors (Lipinski definition) is 4. The zero-order chi connectivity index (χ0) is 19.9. The average molecular weight is 396 g/mol. The summed E-state index contributed by atoms with van der Waals surface area (Å²) in [5.74, 6) is 1.23. The highest BCUT2D eigenvalue weighted by atomic mass is 32.2. The second-order valence-corrected chi connectivity index (χ2v) is 7.43. The maximum Gasteiger partial charge on any atom is 0.233 e. The molecule has 1 heterocycles. The minimum atomic E-state index is 0.0776. The molecule has 28 heavy (non-hydrogen) atoms. The number of imidazole rings is 1. The van der Waals surface area contributed by atoms with E-state index in [-0.39, 0.29) is 5.91 Å². The highest BCUT2D eigenvalue weighted by molar-refractivity contribution is 7.99. The van der Waals surface area contributed by atoms with Crippen molar-refractivity contribution in [2.75, 3.05) is 19.9 Å². The topological polar surface area (TPSA) is 47.4 Å². The van der Waals surface area contributed by atoms with Gasteiger partial charge in [0.05, 0.1) is 12.9 Å². The molecule has 1 aromatic heterocycles. The Bertz CT molecular complexity index is 904. The van der Waals surface area contributed by atoms with E-state index in [0.29, 0.717) is 12.3 Å². The molecular weight excluding hydrogens is 370 g/mol. The molecule has 0 aliphatic carbocycles. The van der Waals surface area contributed by atoms with Gasteiger partial charge in [0.2, 0.25) is 5.91 Å². The van der Waals surface area contributed by atoms with Crippen molar-refractivity contribution in [1.29, 1.82) is 0 Å². The minimum Gasteiger partial charge on any atom is -0.497 e. The van der Waals surface area contributed by atoms with Crippen LogP contribution in [0.1, 0.15) is 18.1 Å². The van der Waals surface area contributed by atoms with Gasteiger partial charge >= 0.3 is 0 Å². The second-order valence-electron chi connectivity index (χ2n) is 6.49. The van der Waals surface area contributed by atoms with Crippen LogP contribution in [0.5, 0.6) is 5.75 Å². The number of carbonyl (C=O) groups excluding carboxylic acids is 1. The van der Waals surface area contributed by atoms with E-state index in [1.54, 1.807) is 18.2 Å². The number of aryl methyl sites for hydroxylation is 1. The number of benzene rings is 2. The summed E-state index contributed by atoms with van der Waals surface area (Å²) in [6.07, 6.45) is 4.66. The summed E-state index contributed by atoms with van der Waals surface area (Å²) in [7, 11) is 3.49. The Balaban J connectivity index is 1.59. The Morgan fingerprint density at radius 3 is 2.43 bits per heavy atom. The average Bonchev–Trinajstić information content (AvgIpc) is 3.21. The van der Waals surface area contributed by atoms with Gasteiger partial charge in [0, 0.05) is 31.7 Å². The Morgan fingerprint density at radius 1 is 1.11 bits per heavy atom. The molecule has 3 rings (SSSR count). The Morgan fingerprint density at radius 2 is 1.79 bits per heavy atom. The number of carbonyl (C=O) groups is 1. The fourth-order valence-corrected chi connectivity index (χ4v) is 3.73. The largest absolute Gasteiger partial charge is 0.497 e. The molecule has 5 nitrogen and oxygen atoms in total. The molecule has 3 aromatic rings. The third-order valence-corrected chi connectivity index (χ3v) is 5.51. The van der Waals surface area contributed by atoms with Gasteiger partial charge in [-0.2, -0.15) is 0 Å². The van der Waals surface area contributed by atoms with Gasteiger partial charge < -0.3 is 9.64 Å². The summed E-state index contributed by atoms with van der Waals surface area (Å²) < 4.78 is 7.18. The smallest absolute Gasteiger partial charge is 0.233 e. The van der Waals surface area contributed by atoms with Gasteiger partial charge in [-0.05, 0) is 41.8 Å². The molecule has 146 valence electrons. The van der Waals surface area contributed by atoms with Crippen molar-refractivity contribution < 1.29 is 9.53 Å². The van der Waals surface area contributed by atoms with Gasteiger partial charge in [-0.15, -0.1) is 0 Å². The van der Waals surface area contributed by atoms with E-state index < -0.39 is 0 Å². The van der Waals surface area contributed by atoms with Gasteiger partial charge in [0.25, 0.3) is 0 Å². The molecule has 0 aliphatic rings. The fraction of sp³-hybridized carbons (Fsp3) is 0.273. The maximum absolute atomic E-state index is 12.5. The zero-order valence-corrected chi connectivity index (χ0v) is 17.3. The van der Waals surface area contributed by atoms with Gasteiger partial charge in [0.15, 0.2) is 5.16 Å². The molecule has 0 fully saturated rings. The highest BCUT2D eigenvalue weighted by Crippen LogP contribution is 2.22. The highest BCUT2D eigenvalue weighted by Gasteiger charge is 2.13. The number of amides is 1. The lowest BCUT2D eigenvalue weighted by molar-refractivity contribution is -0.127. The van der Waals surface area contributed by atoms with Crippen LogP contribution < -0.4 is 4.74 Å².